The number of oxazole rings is 1. The van der Waals surface area contributed by atoms with Crippen LogP contribution in [0.4, 0.5) is 0 Å². The van der Waals surface area contributed by atoms with Crippen LogP contribution in [0.25, 0.3) is 11.1 Å². The number of piperidine rings is 1. The number of amides is 1. The Kier molecular flexibility index (Phi) is 2.63. The number of nitrogens with two attached hydrogens (primary N) is 1. The molecule has 1 aliphatic heterocycles. The predicted octanol–water partition coefficient (Wildman–Crippen LogP) is 2.26. The van der Waals surface area contributed by atoms with Crippen molar-refractivity contribution in [1.82, 2.24) is 9.88 Å². The van der Waals surface area contributed by atoms with Crippen molar-refractivity contribution in [2.75, 3.05) is 13.1 Å². The lowest BCUT2D eigenvalue weighted by molar-refractivity contribution is 0.0949. The van der Waals surface area contributed by atoms with Crippen LogP contribution in [-0.4, -0.2) is 28.9 Å². The maximum absolute atomic E-state index is 11.6. The van der Waals surface area contributed by atoms with Crippen LogP contribution < -0.4 is 5.73 Å². The molecule has 2 fully saturated rings. The minimum atomic E-state index is -0.457. The van der Waals surface area contributed by atoms with Crippen LogP contribution in [0.3, 0.4) is 0 Å². The van der Waals surface area contributed by atoms with Gasteiger partial charge in [-0.25, -0.2) is 4.98 Å². The topological polar surface area (TPSA) is 72.4 Å². The van der Waals surface area contributed by atoms with Crippen LogP contribution in [0.1, 0.15) is 42.4 Å². The maximum atomic E-state index is 11.6. The molecular weight excluding hydrogens is 266 g/mol. The fourth-order valence-corrected chi connectivity index (χ4v) is 4.16. The first-order valence-electron chi connectivity index (χ1n) is 7.59. The molecule has 1 amide bonds. The highest BCUT2D eigenvalue weighted by atomic mass is 16.4. The van der Waals surface area contributed by atoms with Crippen LogP contribution in [0.2, 0.25) is 0 Å². The molecule has 1 aliphatic carbocycles. The van der Waals surface area contributed by atoms with E-state index >= 15 is 0 Å². The highest BCUT2D eigenvalue weighted by Gasteiger charge is 2.54. The maximum Gasteiger partial charge on any atom is 0.251 e. The summed E-state index contributed by atoms with van der Waals surface area (Å²) in [5.41, 5.74) is 7.05. The van der Waals surface area contributed by atoms with Crippen LogP contribution in [0.15, 0.2) is 22.6 Å². The number of primary amides is 1. The Morgan fingerprint density at radius 3 is 3.14 bits per heavy atom. The molecule has 0 spiro atoms. The first-order chi connectivity index (χ1) is 10.1. The van der Waals surface area contributed by atoms with Gasteiger partial charge >= 0.3 is 0 Å². The second-order valence-electron chi connectivity index (χ2n) is 6.21. The van der Waals surface area contributed by atoms with E-state index < -0.39 is 5.91 Å². The van der Waals surface area contributed by atoms with Gasteiger partial charge < -0.3 is 10.2 Å². The number of carbonyl (C=O) groups excluding carboxylic acids is 1. The average molecular weight is 285 g/mol. The van der Waals surface area contributed by atoms with Gasteiger partial charge in [0.15, 0.2) is 5.58 Å². The summed E-state index contributed by atoms with van der Waals surface area (Å²) in [5, 5.41) is 0. The van der Waals surface area contributed by atoms with Gasteiger partial charge in [0.25, 0.3) is 5.91 Å². The second kappa shape index (κ2) is 4.31. The largest absolute Gasteiger partial charge is 0.439 e. The number of para-hydroxylation sites is 1. The lowest BCUT2D eigenvalue weighted by Gasteiger charge is -2.35. The van der Waals surface area contributed by atoms with Gasteiger partial charge in [-0.3, -0.25) is 9.69 Å². The minimum absolute atomic E-state index is 0.0760. The Bertz CT molecular complexity index is 723. The smallest absolute Gasteiger partial charge is 0.251 e. The Hall–Kier alpha value is -1.88. The molecule has 2 heterocycles. The first-order valence-corrected chi connectivity index (χ1v) is 7.59. The van der Waals surface area contributed by atoms with E-state index in [9.17, 15) is 4.79 Å². The normalized spacial score (nSPS) is 28.5. The first kappa shape index (κ1) is 12.8. The molecule has 21 heavy (non-hydrogen) atoms. The van der Waals surface area contributed by atoms with E-state index in [0.29, 0.717) is 16.7 Å². The second-order valence-corrected chi connectivity index (χ2v) is 6.21. The molecule has 4 rings (SSSR count). The lowest BCUT2D eigenvalue weighted by atomic mass is 9.97. The van der Waals surface area contributed by atoms with E-state index in [1.54, 1.807) is 12.1 Å². The number of hydrogen-bond acceptors (Lipinski definition) is 4. The number of hydrogen-bond donors (Lipinski definition) is 1. The third-order valence-corrected chi connectivity index (χ3v) is 5.14. The molecular formula is C16H19N3O2. The summed E-state index contributed by atoms with van der Waals surface area (Å²) in [5.74, 6) is 1.05. The summed E-state index contributed by atoms with van der Waals surface area (Å²) in [6.45, 7) is 4.30. The fourth-order valence-electron chi connectivity index (χ4n) is 4.16. The van der Waals surface area contributed by atoms with Crippen LogP contribution in [0.5, 0.6) is 0 Å². The number of rotatable bonds is 3. The zero-order valence-corrected chi connectivity index (χ0v) is 12.1. The number of benzene rings is 1. The van der Waals surface area contributed by atoms with Crippen LogP contribution in [-0.2, 0) is 5.54 Å². The van der Waals surface area contributed by atoms with Gasteiger partial charge in [0.2, 0.25) is 5.89 Å². The van der Waals surface area contributed by atoms with Crippen molar-refractivity contribution in [3.8, 4) is 0 Å². The molecule has 1 saturated carbocycles. The van der Waals surface area contributed by atoms with Gasteiger partial charge in [-0.2, -0.15) is 0 Å². The summed E-state index contributed by atoms with van der Waals surface area (Å²) in [6.07, 6.45) is 3.43. The average Bonchev–Trinajstić information content (AvgIpc) is 3.17. The van der Waals surface area contributed by atoms with Crippen molar-refractivity contribution in [3.63, 3.8) is 0 Å². The van der Waals surface area contributed by atoms with Crippen LogP contribution >= 0.6 is 0 Å². The SMILES string of the molecule is CCN1C[C@H]2CC[C@]1(c1nc3c(C(N)=O)cccc3o1)C2. The molecule has 5 nitrogen and oxygen atoms in total. The van der Waals surface area contributed by atoms with Gasteiger partial charge in [-0.05, 0) is 43.9 Å². The Morgan fingerprint density at radius 2 is 2.43 bits per heavy atom. The van der Waals surface area contributed by atoms with Crippen molar-refractivity contribution in [3.05, 3.63) is 29.7 Å². The molecule has 2 bridgehead atoms. The highest BCUT2D eigenvalue weighted by molar-refractivity contribution is 6.03. The number of carbonyl (C=O) groups is 1. The molecule has 1 aromatic heterocycles. The van der Waals surface area contributed by atoms with Crippen molar-refractivity contribution in [2.45, 2.75) is 31.7 Å². The van der Waals surface area contributed by atoms with E-state index in [2.05, 4.69) is 16.8 Å². The fraction of sp³-hybridized carbons (Fsp3) is 0.500. The quantitative estimate of drug-likeness (QED) is 0.939. The van der Waals surface area contributed by atoms with Gasteiger partial charge in [-0.1, -0.05) is 13.0 Å². The third-order valence-electron chi connectivity index (χ3n) is 5.14. The monoisotopic (exact) mass is 285 g/mol. The third kappa shape index (κ3) is 1.67. The predicted molar refractivity (Wildman–Crippen MR) is 78.8 cm³/mol. The highest BCUT2D eigenvalue weighted by Crippen LogP contribution is 2.52. The summed E-state index contributed by atoms with van der Waals surface area (Å²) in [7, 11) is 0. The Labute approximate surface area is 123 Å². The van der Waals surface area contributed by atoms with Crippen LogP contribution in [0, 0.1) is 5.92 Å². The van der Waals surface area contributed by atoms with E-state index in [1.165, 1.54) is 6.42 Å². The summed E-state index contributed by atoms with van der Waals surface area (Å²) < 4.78 is 6.04. The van der Waals surface area contributed by atoms with E-state index in [1.807, 2.05) is 6.07 Å². The summed E-state index contributed by atoms with van der Waals surface area (Å²) >= 11 is 0. The standard InChI is InChI=1S/C16H19N3O2/c1-2-19-9-10-6-7-16(19,8-10)15-18-13-11(14(17)20)4-3-5-12(13)21-15/h3-5,10H,2,6-9H2,1H3,(H2,17,20)/t10-,16+/m0/s1. The Morgan fingerprint density at radius 1 is 1.57 bits per heavy atom. The molecule has 5 heteroatoms. The van der Waals surface area contributed by atoms with Crippen molar-refractivity contribution >= 4 is 17.0 Å². The zero-order chi connectivity index (χ0) is 14.6. The number of nitrogens with zero attached hydrogens (tertiary/aromatic N) is 2. The number of aromatic nitrogens is 1. The number of fused-ring (bicyclic) bond motifs is 3. The number of likely N-dealkylation sites (tertiary alicyclic amines) is 1. The van der Waals surface area contributed by atoms with Gasteiger partial charge in [0, 0.05) is 6.54 Å². The molecule has 2 atom stereocenters. The summed E-state index contributed by atoms with van der Waals surface area (Å²) in [6, 6.07) is 5.35. The van der Waals surface area contributed by atoms with Gasteiger partial charge in [-0.15, -0.1) is 0 Å². The molecule has 0 unspecified atom stereocenters. The van der Waals surface area contributed by atoms with E-state index in [-0.39, 0.29) is 5.54 Å². The summed E-state index contributed by atoms with van der Waals surface area (Å²) in [4.78, 5) is 18.7. The van der Waals surface area contributed by atoms with Gasteiger partial charge in [0.05, 0.1) is 11.1 Å². The van der Waals surface area contributed by atoms with E-state index in [4.69, 9.17) is 10.2 Å². The molecule has 1 saturated heterocycles. The van der Waals surface area contributed by atoms with E-state index in [0.717, 1.165) is 37.7 Å². The molecule has 0 radical (unpaired) electrons. The van der Waals surface area contributed by atoms with Crippen molar-refractivity contribution in [1.29, 1.82) is 0 Å². The molecule has 1 aromatic carbocycles. The minimum Gasteiger partial charge on any atom is -0.439 e. The molecule has 110 valence electrons. The van der Waals surface area contributed by atoms with Crippen molar-refractivity contribution in [2.24, 2.45) is 11.7 Å². The Balaban J connectivity index is 1.88. The molecule has 2 aliphatic rings. The zero-order valence-electron chi connectivity index (χ0n) is 12.1. The van der Waals surface area contributed by atoms with Gasteiger partial charge in [0.1, 0.15) is 5.52 Å². The molecule has 2 aromatic rings. The van der Waals surface area contributed by atoms with Crippen molar-refractivity contribution < 1.29 is 9.21 Å². The molecule has 2 N–H and O–H groups in total. The lowest BCUT2D eigenvalue weighted by Crippen LogP contribution is -2.42.